The Morgan fingerprint density at radius 2 is 1.00 bits per heavy atom. The van der Waals surface area contributed by atoms with Crippen LogP contribution in [0.25, 0.3) is 21.5 Å². The predicted molar refractivity (Wildman–Crippen MR) is 173 cm³/mol. The number of aryl methyl sites for hydroxylation is 2. The second kappa shape index (κ2) is 12.8. The molecule has 0 aliphatic rings. The molecule has 0 N–H and O–H groups in total. The highest BCUT2D eigenvalue weighted by atomic mass is 14.8. The molecule has 0 aliphatic carbocycles. The van der Waals surface area contributed by atoms with Crippen LogP contribution in [0.15, 0.2) is 101 Å². The Bertz CT molecular complexity index is 1570. The van der Waals surface area contributed by atoms with Crippen LogP contribution in [0, 0.1) is 13.8 Å². The summed E-state index contributed by atoms with van der Waals surface area (Å²) in [6.45, 7) is 8.75. The normalized spacial score (nSPS) is 12.4. The Labute approximate surface area is 238 Å². The SMILES string of the molecule is CCCCC(=Nc1c(C)ccc2ccccc12)c1cccc(C(CCCC)=Nc2c(C)ccc3ccccc23)n1. The third-order valence-corrected chi connectivity index (χ3v) is 7.57. The number of unbranched alkanes of at least 4 members (excludes halogenated alkanes) is 2. The van der Waals surface area contributed by atoms with E-state index >= 15 is 0 Å². The highest BCUT2D eigenvalue weighted by Crippen LogP contribution is 2.32. The topological polar surface area (TPSA) is 37.6 Å². The zero-order valence-corrected chi connectivity index (χ0v) is 24.2. The van der Waals surface area contributed by atoms with Gasteiger partial charge in [-0.25, -0.2) is 4.98 Å². The molecule has 1 heterocycles. The second-order valence-corrected chi connectivity index (χ2v) is 10.6. The van der Waals surface area contributed by atoms with Gasteiger partial charge in [0.1, 0.15) is 0 Å². The van der Waals surface area contributed by atoms with Gasteiger partial charge in [0.2, 0.25) is 0 Å². The van der Waals surface area contributed by atoms with Gasteiger partial charge in [-0.1, -0.05) is 106 Å². The fourth-order valence-corrected chi connectivity index (χ4v) is 5.22. The van der Waals surface area contributed by atoms with Crippen molar-refractivity contribution in [3.8, 4) is 0 Å². The first-order valence-corrected chi connectivity index (χ1v) is 14.7. The Morgan fingerprint density at radius 3 is 1.45 bits per heavy atom. The Morgan fingerprint density at radius 1 is 0.550 bits per heavy atom. The highest BCUT2D eigenvalue weighted by molar-refractivity contribution is 6.07. The molecule has 0 bridgehead atoms. The highest BCUT2D eigenvalue weighted by Gasteiger charge is 2.14. The van der Waals surface area contributed by atoms with Crippen molar-refractivity contribution < 1.29 is 0 Å². The van der Waals surface area contributed by atoms with E-state index in [2.05, 4.69) is 119 Å². The van der Waals surface area contributed by atoms with Gasteiger partial charge in [-0.2, -0.15) is 0 Å². The van der Waals surface area contributed by atoms with Crippen molar-refractivity contribution in [2.75, 3.05) is 0 Å². The second-order valence-electron chi connectivity index (χ2n) is 10.6. The summed E-state index contributed by atoms with van der Waals surface area (Å²) in [5.74, 6) is 0. The van der Waals surface area contributed by atoms with E-state index in [9.17, 15) is 0 Å². The summed E-state index contributed by atoms with van der Waals surface area (Å²) in [7, 11) is 0. The van der Waals surface area contributed by atoms with Crippen LogP contribution in [-0.2, 0) is 0 Å². The lowest BCUT2D eigenvalue weighted by Gasteiger charge is -2.13. The molecule has 1 aromatic heterocycles. The van der Waals surface area contributed by atoms with Gasteiger partial charge in [0.15, 0.2) is 0 Å². The lowest BCUT2D eigenvalue weighted by molar-refractivity contribution is 0.830. The van der Waals surface area contributed by atoms with E-state index in [-0.39, 0.29) is 0 Å². The number of aromatic nitrogens is 1. The van der Waals surface area contributed by atoms with E-state index in [1.807, 2.05) is 0 Å². The summed E-state index contributed by atoms with van der Waals surface area (Å²) in [5, 5.41) is 4.79. The van der Waals surface area contributed by atoms with Gasteiger partial charge in [-0.15, -0.1) is 0 Å². The van der Waals surface area contributed by atoms with Gasteiger partial charge in [0.05, 0.1) is 34.2 Å². The third-order valence-electron chi connectivity index (χ3n) is 7.57. The van der Waals surface area contributed by atoms with Crippen molar-refractivity contribution in [3.05, 3.63) is 114 Å². The molecule has 4 aromatic carbocycles. The van der Waals surface area contributed by atoms with Crippen LogP contribution in [0.1, 0.15) is 74.9 Å². The van der Waals surface area contributed by atoms with Crippen molar-refractivity contribution in [1.29, 1.82) is 0 Å². The monoisotopic (exact) mass is 525 g/mol. The average Bonchev–Trinajstić information content (AvgIpc) is 2.99. The van der Waals surface area contributed by atoms with Crippen LogP contribution in [0.4, 0.5) is 11.4 Å². The van der Waals surface area contributed by atoms with Gasteiger partial charge >= 0.3 is 0 Å². The van der Waals surface area contributed by atoms with Gasteiger partial charge in [0.25, 0.3) is 0 Å². The fourth-order valence-electron chi connectivity index (χ4n) is 5.22. The maximum Gasteiger partial charge on any atom is 0.0852 e. The Hall–Kier alpha value is -4.11. The molecule has 3 heteroatoms. The molecule has 0 fully saturated rings. The standard InChI is InChI=1S/C37H39N3/c1-5-7-18-34(39-36-26(3)22-24-28-14-9-11-16-30(28)36)32-20-13-21-33(38-32)35(19-8-6-2)40-37-27(4)23-25-29-15-10-12-17-31(29)37/h9-17,20-25H,5-8,18-19H2,1-4H3. The van der Waals surface area contributed by atoms with Gasteiger partial charge in [-0.05, 0) is 73.6 Å². The van der Waals surface area contributed by atoms with E-state index in [0.717, 1.165) is 72.7 Å². The summed E-state index contributed by atoms with van der Waals surface area (Å²) in [6.07, 6.45) is 6.13. The van der Waals surface area contributed by atoms with Crippen molar-refractivity contribution >= 4 is 44.3 Å². The molecule has 0 saturated carbocycles. The van der Waals surface area contributed by atoms with E-state index in [4.69, 9.17) is 15.0 Å². The number of hydrogen-bond acceptors (Lipinski definition) is 3. The molecule has 5 aromatic rings. The van der Waals surface area contributed by atoms with Gasteiger partial charge < -0.3 is 0 Å². The van der Waals surface area contributed by atoms with E-state index < -0.39 is 0 Å². The smallest absolute Gasteiger partial charge is 0.0852 e. The summed E-state index contributed by atoms with van der Waals surface area (Å²) in [5.41, 5.74) is 8.42. The summed E-state index contributed by atoms with van der Waals surface area (Å²) in [6, 6.07) is 32.1. The van der Waals surface area contributed by atoms with Crippen molar-refractivity contribution in [2.45, 2.75) is 66.2 Å². The fraction of sp³-hybridized carbons (Fsp3) is 0.270. The maximum absolute atomic E-state index is 5.31. The lowest BCUT2D eigenvalue weighted by atomic mass is 10.0. The number of pyridine rings is 1. The van der Waals surface area contributed by atoms with E-state index in [1.165, 1.54) is 32.7 Å². The van der Waals surface area contributed by atoms with Crippen LogP contribution >= 0.6 is 0 Å². The van der Waals surface area contributed by atoms with E-state index in [0.29, 0.717) is 0 Å². The summed E-state index contributed by atoms with van der Waals surface area (Å²) in [4.78, 5) is 15.8. The lowest BCUT2D eigenvalue weighted by Crippen LogP contribution is -2.10. The van der Waals surface area contributed by atoms with Crippen LogP contribution < -0.4 is 0 Å². The van der Waals surface area contributed by atoms with Crippen LogP contribution in [0.3, 0.4) is 0 Å². The first kappa shape index (κ1) is 27.5. The maximum atomic E-state index is 5.31. The Kier molecular flexibility index (Phi) is 8.81. The Balaban J connectivity index is 1.63. The molecule has 0 radical (unpaired) electrons. The molecule has 5 rings (SSSR count). The number of rotatable bonds is 10. The van der Waals surface area contributed by atoms with Crippen molar-refractivity contribution in [3.63, 3.8) is 0 Å². The van der Waals surface area contributed by atoms with Crippen molar-refractivity contribution in [2.24, 2.45) is 9.98 Å². The molecule has 0 aliphatic heterocycles. The molecule has 0 atom stereocenters. The molecule has 0 spiro atoms. The molecule has 3 nitrogen and oxygen atoms in total. The third kappa shape index (κ3) is 6.04. The molecule has 40 heavy (non-hydrogen) atoms. The minimum absolute atomic E-state index is 0.888. The van der Waals surface area contributed by atoms with E-state index in [1.54, 1.807) is 0 Å². The molecule has 0 saturated heterocycles. The molecule has 0 unspecified atom stereocenters. The van der Waals surface area contributed by atoms with Crippen LogP contribution in [0.2, 0.25) is 0 Å². The number of fused-ring (bicyclic) bond motifs is 2. The molecular weight excluding hydrogens is 486 g/mol. The number of hydrogen-bond donors (Lipinski definition) is 0. The summed E-state index contributed by atoms with van der Waals surface area (Å²) < 4.78 is 0. The zero-order valence-electron chi connectivity index (χ0n) is 24.2. The number of benzene rings is 4. The van der Waals surface area contributed by atoms with Crippen LogP contribution in [-0.4, -0.2) is 16.4 Å². The van der Waals surface area contributed by atoms with Gasteiger partial charge in [-0.3, -0.25) is 9.98 Å². The molecule has 202 valence electrons. The minimum Gasteiger partial charge on any atom is -0.250 e. The first-order valence-electron chi connectivity index (χ1n) is 14.7. The van der Waals surface area contributed by atoms with Crippen molar-refractivity contribution in [1.82, 2.24) is 4.98 Å². The largest absolute Gasteiger partial charge is 0.250 e. The number of nitrogens with zero attached hydrogens (tertiary/aromatic N) is 3. The van der Waals surface area contributed by atoms with Gasteiger partial charge in [0, 0.05) is 10.8 Å². The average molecular weight is 526 g/mol. The quantitative estimate of drug-likeness (QED) is 0.167. The van der Waals surface area contributed by atoms with Crippen LogP contribution in [0.5, 0.6) is 0 Å². The summed E-state index contributed by atoms with van der Waals surface area (Å²) >= 11 is 0. The predicted octanol–water partition coefficient (Wildman–Crippen LogP) is 10.6. The first-order chi connectivity index (χ1) is 19.6. The minimum atomic E-state index is 0.888. The molecule has 0 amide bonds. The molecular formula is C37H39N3. The zero-order chi connectivity index (χ0) is 27.9. The number of aliphatic imine (C=N–C) groups is 2.